The van der Waals surface area contributed by atoms with Gasteiger partial charge in [-0.25, -0.2) is 9.37 Å². The van der Waals surface area contributed by atoms with Gasteiger partial charge in [0.25, 0.3) is 5.91 Å². The molecule has 0 bridgehead atoms. The molecule has 0 atom stereocenters. The topological polar surface area (TPSA) is 42.0 Å². The summed E-state index contributed by atoms with van der Waals surface area (Å²) in [5.74, 6) is -0.610. The zero-order chi connectivity index (χ0) is 17.1. The Labute approximate surface area is 151 Å². The van der Waals surface area contributed by atoms with Crippen molar-refractivity contribution in [3.63, 3.8) is 0 Å². The third kappa shape index (κ3) is 3.77. The molecule has 7 heteroatoms. The number of benzene rings is 2. The number of thiazole rings is 1. The summed E-state index contributed by atoms with van der Waals surface area (Å²) in [5.41, 5.74) is 1.87. The first kappa shape index (κ1) is 17.0. The molecule has 0 spiro atoms. The number of thioether (sulfide) groups is 1. The summed E-state index contributed by atoms with van der Waals surface area (Å²) < 4.78 is 13.0. The molecule has 0 aliphatic rings. The highest BCUT2D eigenvalue weighted by Gasteiger charge is 2.14. The summed E-state index contributed by atoms with van der Waals surface area (Å²) in [4.78, 5) is 17.7. The summed E-state index contributed by atoms with van der Waals surface area (Å²) in [6.45, 7) is 0. The van der Waals surface area contributed by atoms with Crippen LogP contribution >= 0.6 is 34.7 Å². The lowest BCUT2D eigenvalue weighted by Crippen LogP contribution is -2.12. The molecule has 24 heavy (non-hydrogen) atoms. The fourth-order valence-electron chi connectivity index (χ4n) is 2.05. The van der Waals surface area contributed by atoms with Gasteiger partial charge >= 0.3 is 0 Å². The molecule has 0 radical (unpaired) electrons. The molecule has 1 amide bonds. The lowest BCUT2D eigenvalue weighted by Gasteiger charge is -2.06. The summed E-state index contributed by atoms with van der Waals surface area (Å²) in [7, 11) is 0. The van der Waals surface area contributed by atoms with Crippen LogP contribution in [0.2, 0.25) is 5.02 Å². The summed E-state index contributed by atoms with van der Waals surface area (Å²) >= 11 is 8.95. The van der Waals surface area contributed by atoms with Crippen LogP contribution in [0.3, 0.4) is 0 Å². The Morgan fingerprint density at radius 2 is 2.00 bits per heavy atom. The van der Waals surface area contributed by atoms with Gasteiger partial charge in [-0.1, -0.05) is 11.6 Å². The summed E-state index contributed by atoms with van der Waals surface area (Å²) in [5, 5.41) is 5.41. The average molecular weight is 379 g/mol. The second-order valence-electron chi connectivity index (χ2n) is 4.84. The van der Waals surface area contributed by atoms with Crippen molar-refractivity contribution >= 4 is 45.7 Å². The predicted molar refractivity (Wildman–Crippen MR) is 98.7 cm³/mol. The number of anilines is 1. The number of nitrogens with zero attached hydrogens (tertiary/aromatic N) is 1. The van der Waals surface area contributed by atoms with Crippen LogP contribution in [0.1, 0.15) is 10.4 Å². The Hall–Kier alpha value is -1.89. The van der Waals surface area contributed by atoms with Gasteiger partial charge in [-0.2, -0.15) is 0 Å². The van der Waals surface area contributed by atoms with E-state index in [0.29, 0.717) is 21.4 Å². The number of carbonyl (C=O) groups excluding carboxylic acids is 1. The molecular weight excluding hydrogens is 367 g/mol. The molecule has 0 aliphatic heterocycles. The molecule has 1 N–H and O–H groups in total. The Balaban J connectivity index is 1.79. The Kier molecular flexibility index (Phi) is 5.18. The molecule has 0 unspecified atom stereocenters. The van der Waals surface area contributed by atoms with E-state index in [0.717, 1.165) is 10.5 Å². The van der Waals surface area contributed by atoms with Gasteiger partial charge in [0.15, 0.2) is 5.13 Å². The van der Waals surface area contributed by atoms with E-state index in [1.807, 2.05) is 17.7 Å². The quantitative estimate of drug-likeness (QED) is 0.603. The van der Waals surface area contributed by atoms with Gasteiger partial charge in [0.2, 0.25) is 0 Å². The number of rotatable bonds is 4. The normalized spacial score (nSPS) is 10.6. The van der Waals surface area contributed by atoms with Crippen molar-refractivity contribution in [2.24, 2.45) is 0 Å². The molecule has 3 aromatic rings. The first-order chi connectivity index (χ1) is 11.6. The average Bonchev–Trinajstić information content (AvgIpc) is 3.04. The lowest BCUT2D eigenvalue weighted by atomic mass is 10.2. The number of aromatic nitrogens is 1. The number of nitrogens with one attached hydrogen (secondary N) is 1. The molecule has 0 saturated heterocycles. The minimum atomic E-state index is -0.309. The number of halogens is 2. The van der Waals surface area contributed by atoms with E-state index in [4.69, 9.17) is 11.6 Å². The summed E-state index contributed by atoms with van der Waals surface area (Å²) in [6, 6.07) is 11.4. The maximum Gasteiger partial charge on any atom is 0.258 e. The van der Waals surface area contributed by atoms with Crippen LogP contribution in [0.15, 0.2) is 52.7 Å². The van der Waals surface area contributed by atoms with Gasteiger partial charge < -0.3 is 0 Å². The van der Waals surface area contributed by atoms with E-state index in [1.165, 1.54) is 35.2 Å². The van der Waals surface area contributed by atoms with Crippen LogP contribution in [0, 0.1) is 5.82 Å². The first-order valence-electron chi connectivity index (χ1n) is 6.93. The largest absolute Gasteiger partial charge is 0.298 e. The van der Waals surface area contributed by atoms with Crippen LogP contribution in [0.25, 0.3) is 11.3 Å². The highest BCUT2D eigenvalue weighted by atomic mass is 35.5. The number of hydrogen-bond acceptors (Lipinski definition) is 4. The van der Waals surface area contributed by atoms with Crippen LogP contribution < -0.4 is 5.32 Å². The standard InChI is InChI=1S/C17H12ClFN2OS2/c1-23-12-6-7-14(18)13(8-12)16(22)21-17-20-15(9-24-17)10-2-4-11(19)5-3-10/h2-9H,1H3,(H,20,21,22). The molecule has 1 aromatic heterocycles. The Morgan fingerprint density at radius 3 is 2.71 bits per heavy atom. The maximum atomic E-state index is 13.0. The van der Waals surface area contributed by atoms with E-state index in [-0.39, 0.29) is 11.7 Å². The molecule has 1 heterocycles. The van der Waals surface area contributed by atoms with Crippen molar-refractivity contribution < 1.29 is 9.18 Å². The molecular formula is C17H12ClFN2OS2. The van der Waals surface area contributed by atoms with Gasteiger partial charge in [0.05, 0.1) is 16.3 Å². The van der Waals surface area contributed by atoms with Crippen LogP contribution in [-0.2, 0) is 0 Å². The monoisotopic (exact) mass is 378 g/mol. The fraction of sp³-hybridized carbons (Fsp3) is 0.0588. The first-order valence-corrected chi connectivity index (χ1v) is 9.41. The number of amides is 1. The fourth-order valence-corrected chi connectivity index (χ4v) is 3.41. The van der Waals surface area contributed by atoms with E-state index in [2.05, 4.69) is 10.3 Å². The zero-order valence-electron chi connectivity index (χ0n) is 12.5. The second-order valence-corrected chi connectivity index (χ2v) is 6.99. The molecule has 0 saturated carbocycles. The Bertz CT molecular complexity index is 881. The SMILES string of the molecule is CSc1ccc(Cl)c(C(=O)Nc2nc(-c3ccc(F)cc3)cs2)c1. The third-order valence-electron chi connectivity index (χ3n) is 3.28. The van der Waals surface area contributed by atoms with Gasteiger partial charge in [-0.15, -0.1) is 23.1 Å². The van der Waals surface area contributed by atoms with Crippen molar-refractivity contribution in [2.75, 3.05) is 11.6 Å². The van der Waals surface area contributed by atoms with Crippen molar-refractivity contribution in [1.82, 2.24) is 4.98 Å². The molecule has 122 valence electrons. The third-order valence-corrected chi connectivity index (χ3v) is 5.10. The van der Waals surface area contributed by atoms with Crippen LogP contribution in [0.5, 0.6) is 0 Å². The number of carbonyl (C=O) groups is 1. The smallest absolute Gasteiger partial charge is 0.258 e. The molecule has 0 fully saturated rings. The van der Waals surface area contributed by atoms with Crippen molar-refractivity contribution in [2.45, 2.75) is 4.90 Å². The van der Waals surface area contributed by atoms with Crippen molar-refractivity contribution in [1.29, 1.82) is 0 Å². The highest BCUT2D eigenvalue weighted by molar-refractivity contribution is 7.98. The van der Waals surface area contributed by atoms with E-state index in [1.54, 1.807) is 24.3 Å². The lowest BCUT2D eigenvalue weighted by molar-refractivity contribution is 0.102. The van der Waals surface area contributed by atoms with Gasteiger partial charge in [0.1, 0.15) is 5.82 Å². The molecule has 3 nitrogen and oxygen atoms in total. The van der Waals surface area contributed by atoms with E-state index < -0.39 is 0 Å². The Morgan fingerprint density at radius 1 is 1.25 bits per heavy atom. The van der Waals surface area contributed by atoms with E-state index in [9.17, 15) is 9.18 Å². The van der Waals surface area contributed by atoms with Crippen LogP contribution in [-0.4, -0.2) is 17.1 Å². The summed E-state index contributed by atoms with van der Waals surface area (Å²) in [6.07, 6.45) is 1.93. The number of hydrogen-bond donors (Lipinski definition) is 1. The predicted octanol–water partition coefficient (Wildman–Crippen LogP) is 5.58. The zero-order valence-corrected chi connectivity index (χ0v) is 14.9. The highest BCUT2D eigenvalue weighted by Crippen LogP contribution is 2.27. The van der Waals surface area contributed by atoms with Gasteiger partial charge in [0, 0.05) is 15.8 Å². The second kappa shape index (κ2) is 7.34. The minimum Gasteiger partial charge on any atom is -0.298 e. The minimum absolute atomic E-state index is 0.300. The van der Waals surface area contributed by atoms with Crippen molar-refractivity contribution in [3.8, 4) is 11.3 Å². The molecule has 2 aromatic carbocycles. The van der Waals surface area contributed by atoms with E-state index >= 15 is 0 Å². The maximum absolute atomic E-state index is 13.0. The molecule has 0 aliphatic carbocycles. The van der Waals surface area contributed by atoms with Gasteiger partial charge in [-0.05, 0) is 48.7 Å². The van der Waals surface area contributed by atoms with Crippen molar-refractivity contribution in [3.05, 3.63) is 64.2 Å². The molecule has 3 rings (SSSR count). The van der Waals surface area contributed by atoms with Crippen LogP contribution in [0.4, 0.5) is 9.52 Å². The van der Waals surface area contributed by atoms with Gasteiger partial charge in [-0.3, -0.25) is 10.1 Å².